The molecule has 1 aromatic carbocycles. The van der Waals surface area contributed by atoms with Crippen LogP contribution in [0, 0.1) is 5.92 Å². The molecule has 7 nitrogen and oxygen atoms in total. The van der Waals surface area contributed by atoms with Gasteiger partial charge in [-0.15, -0.1) is 0 Å². The Bertz CT molecular complexity index is 1040. The van der Waals surface area contributed by atoms with Crippen LogP contribution in [0.2, 0.25) is 0 Å². The smallest absolute Gasteiger partial charge is 0.298 e. The fourth-order valence-electron chi connectivity index (χ4n) is 4.32. The SMILES string of the molecule is CC(C)CCC(Cc1c[nH]c2ccccc12)NC(=O)c1cnc(N2CCN(C)[C@H](C)C2)o1. The van der Waals surface area contributed by atoms with Crippen LogP contribution in [-0.2, 0) is 6.42 Å². The highest BCUT2D eigenvalue weighted by Gasteiger charge is 2.25. The van der Waals surface area contributed by atoms with E-state index in [-0.39, 0.29) is 17.7 Å². The van der Waals surface area contributed by atoms with Crippen molar-refractivity contribution < 1.29 is 9.21 Å². The third kappa shape index (κ3) is 5.15. The molecule has 1 aliphatic heterocycles. The lowest BCUT2D eigenvalue weighted by Crippen LogP contribution is -2.50. The number of anilines is 1. The summed E-state index contributed by atoms with van der Waals surface area (Å²) in [5.41, 5.74) is 2.34. The first-order chi connectivity index (χ1) is 15.4. The summed E-state index contributed by atoms with van der Waals surface area (Å²) in [6.45, 7) is 9.25. The van der Waals surface area contributed by atoms with Gasteiger partial charge in [0.05, 0.1) is 6.20 Å². The molecule has 0 aliphatic carbocycles. The molecule has 1 aliphatic rings. The van der Waals surface area contributed by atoms with Gasteiger partial charge in [-0.2, -0.15) is 0 Å². The monoisotopic (exact) mass is 437 g/mol. The van der Waals surface area contributed by atoms with E-state index in [9.17, 15) is 4.79 Å². The first-order valence-electron chi connectivity index (χ1n) is 11.7. The van der Waals surface area contributed by atoms with E-state index in [0.717, 1.165) is 44.4 Å². The van der Waals surface area contributed by atoms with Crippen molar-refractivity contribution in [2.75, 3.05) is 31.6 Å². The van der Waals surface area contributed by atoms with Crippen LogP contribution in [0.4, 0.5) is 6.01 Å². The molecule has 0 radical (unpaired) electrons. The van der Waals surface area contributed by atoms with Gasteiger partial charge in [0.1, 0.15) is 0 Å². The van der Waals surface area contributed by atoms with Crippen LogP contribution in [-0.4, -0.2) is 59.5 Å². The predicted molar refractivity (Wildman–Crippen MR) is 128 cm³/mol. The number of carbonyl (C=O) groups is 1. The highest BCUT2D eigenvalue weighted by atomic mass is 16.4. The number of oxazole rings is 1. The van der Waals surface area contributed by atoms with Crippen LogP contribution in [0.5, 0.6) is 0 Å². The number of benzene rings is 1. The zero-order valence-corrected chi connectivity index (χ0v) is 19.6. The zero-order valence-electron chi connectivity index (χ0n) is 19.6. The minimum absolute atomic E-state index is 0.0290. The molecule has 32 heavy (non-hydrogen) atoms. The largest absolute Gasteiger partial charge is 0.418 e. The molecule has 1 amide bonds. The molecule has 4 rings (SSSR count). The van der Waals surface area contributed by atoms with Gasteiger partial charge in [-0.25, -0.2) is 4.98 Å². The summed E-state index contributed by atoms with van der Waals surface area (Å²) in [6, 6.07) is 9.27. The summed E-state index contributed by atoms with van der Waals surface area (Å²) >= 11 is 0. The van der Waals surface area contributed by atoms with Crippen molar-refractivity contribution in [1.29, 1.82) is 0 Å². The van der Waals surface area contributed by atoms with Gasteiger partial charge < -0.3 is 24.5 Å². The number of rotatable bonds is 8. The molecule has 0 saturated carbocycles. The van der Waals surface area contributed by atoms with Crippen molar-refractivity contribution in [2.45, 2.75) is 52.1 Å². The van der Waals surface area contributed by atoms with E-state index in [1.807, 2.05) is 6.07 Å². The van der Waals surface area contributed by atoms with Crippen molar-refractivity contribution in [3.05, 3.63) is 48.0 Å². The molecule has 0 spiro atoms. The molecule has 172 valence electrons. The van der Waals surface area contributed by atoms with Gasteiger partial charge in [-0.3, -0.25) is 4.79 Å². The van der Waals surface area contributed by atoms with E-state index in [0.29, 0.717) is 18.0 Å². The summed E-state index contributed by atoms with van der Waals surface area (Å²) < 4.78 is 5.88. The number of likely N-dealkylation sites (N-methyl/N-ethyl adjacent to an activating group) is 1. The Morgan fingerprint density at radius 3 is 2.88 bits per heavy atom. The Morgan fingerprint density at radius 2 is 2.09 bits per heavy atom. The van der Waals surface area contributed by atoms with Crippen LogP contribution in [0.1, 0.15) is 49.7 Å². The van der Waals surface area contributed by atoms with E-state index in [2.05, 4.69) is 77.3 Å². The van der Waals surface area contributed by atoms with E-state index >= 15 is 0 Å². The second-order valence-corrected chi connectivity index (χ2v) is 9.49. The minimum Gasteiger partial charge on any atom is -0.418 e. The molecule has 2 N–H and O–H groups in total. The Kier molecular flexibility index (Phi) is 6.84. The average Bonchev–Trinajstić information content (AvgIpc) is 3.42. The second kappa shape index (κ2) is 9.77. The normalized spacial score (nSPS) is 18.4. The van der Waals surface area contributed by atoms with Gasteiger partial charge in [-0.1, -0.05) is 32.0 Å². The molecule has 3 aromatic rings. The molecule has 3 heterocycles. The third-order valence-electron chi connectivity index (χ3n) is 6.52. The van der Waals surface area contributed by atoms with Crippen molar-refractivity contribution in [2.24, 2.45) is 5.92 Å². The van der Waals surface area contributed by atoms with Gasteiger partial charge in [-0.05, 0) is 50.8 Å². The summed E-state index contributed by atoms with van der Waals surface area (Å²) in [7, 11) is 2.13. The van der Waals surface area contributed by atoms with Crippen LogP contribution >= 0.6 is 0 Å². The van der Waals surface area contributed by atoms with Gasteiger partial charge in [0, 0.05) is 48.8 Å². The lowest BCUT2D eigenvalue weighted by Gasteiger charge is -2.36. The molecule has 1 saturated heterocycles. The first kappa shape index (κ1) is 22.4. The van der Waals surface area contributed by atoms with Crippen molar-refractivity contribution in [3.8, 4) is 0 Å². The molecular weight excluding hydrogens is 402 g/mol. The van der Waals surface area contributed by atoms with Gasteiger partial charge in [0.25, 0.3) is 11.9 Å². The summed E-state index contributed by atoms with van der Waals surface area (Å²) in [5.74, 6) is 0.660. The molecule has 1 fully saturated rings. The number of H-pyrrole nitrogens is 1. The van der Waals surface area contributed by atoms with Crippen LogP contribution in [0.25, 0.3) is 10.9 Å². The van der Waals surface area contributed by atoms with Gasteiger partial charge >= 0.3 is 0 Å². The fourth-order valence-corrected chi connectivity index (χ4v) is 4.32. The highest BCUT2D eigenvalue weighted by Crippen LogP contribution is 2.22. The molecule has 2 atom stereocenters. The molecule has 1 unspecified atom stereocenters. The number of hydrogen-bond donors (Lipinski definition) is 2. The van der Waals surface area contributed by atoms with Crippen LogP contribution in [0.3, 0.4) is 0 Å². The number of para-hydroxylation sites is 1. The van der Waals surface area contributed by atoms with E-state index in [4.69, 9.17) is 4.42 Å². The molecule has 2 aromatic heterocycles. The third-order valence-corrected chi connectivity index (χ3v) is 6.52. The number of nitrogens with one attached hydrogen (secondary N) is 2. The number of piperazine rings is 1. The Morgan fingerprint density at radius 1 is 1.28 bits per heavy atom. The lowest BCUT2D eigenvalue weighted by molar-refractivity contribution is 0.0905. The van der Waals surface area contributed by atoms with Crippen molar-refractivity contribution >= 4 is 22.8 Å². The molecule has 7 heteroatoms. The maximum atomic E-state index is 13.0. The molecular formula is C25H35N5O2. The average molecular weight is 438 g/mol. The lowest BCUT2D eigenvalue weighted by atomic mass is 9.97. The van der Waals surface area contributed by atoms with E-state index in [1.165, 1.54) is 10.9 Å². The number of amides is 1. The number of carbonyl (C=O) groups excluding carboxylic acids is 1. The Hall–Kier alpha value is -2.80. The van der Waals surface area contributed by atoms with E-state index < -0.39 is 0 Å². The first-order valence-corrected chi connectivity index (χ1v) is 11.7. The second-order valence-electron chi connectivity index (χ2n) is 9.49. The van der Waals surface area contributed by atoms with Crippen molar-refractivity contribution in [1.82, 2.24) is 20.2 Å². The zero-order chi connectivity index (χ0) is 22.7. The standard InChI is InChI=1S/C25H35N5O2/c1-17(2)9-10-20(13-19-14-26-22-8-6-5-7-21(19)22)28-24(31)23-15-27-25(32-23)30-12-11-29(4)18(3)16-30/h5-8,14-15,17-18,20,26H,9-13,16H2,1-4H3,(H,28,31)/t18-,20?/m1/s1. The number of nitrogens with zero attached hydrogens (tertiary/aromatic N) is 3. The number of aromatic nitrogens is 2. The Labute approximate surface area is 190 Å². The van der Waals surface area contributed by atoms with Crippen LogP contribution in [0.15, 0.2) is 41.1 Å². The quantitative estimate of drug-likeness (QED) is 0.555. The number of hydrogen-bond acceptors (Lipinski definition) is 5. The topological polar surface area (TPSA) is 77.4 Å². The fraction of sp³-hybridized carbons (Fsp3) is 0.520. The van der Waals surface area contributed by atoms with Gasteiger partial charge in [0.15, 0.2) is 0 Å². The number of aromatic amines is 1. The minimum atomic E-state index is -0.195. The maximum Gasteiger partial charge on any atom is 0.298 e. The highest BCUT2D eigenvalue weighted by molar-refractivity contribution is 5.91. The van der Waals surface area contributed by atoms with Crippen LogP contribution < -0.4 is 10.2 Å². The Balaban J connectivity index is 1.45. The summed E-state index contributed by atoms with van der Waals surface area (Å²) in [4.78, 5) is 25.2. The predicted octanol–water partition coefficient (Wildman–Crippen LogP) is 4.07. The van der Waals surface area contributed by atoms with Gasteiger partial charge in [0.2, 0.25) is 5.76 Å². The van der Waals surface area contributed by atoms with E-state index in [1.54, 1.807) is 6.20 Å². The molecule has 0 bridgehead atoms. The summed E-state index contributed by atoms with van der Waals surface area (Å²) in [5, 5.41) is 4.42. The van der Waals surface area contributed by atoms with Crippen molar-refractivity contribution in [3.63, 3.8) is 0 Å². The maximum absolute atomic E-state index is 13.0. The number of fused-ring (bicyclic) bond motifs is 1. The summed E-state index contributed by atoms with van der Waals surface area (Å²) in [6.07, 6.45) is 6.35.